The second-order valence-corrected chi connectivity index (χ2v) is 6.07. The van der Waals surface area contributed by atoms with Crippen LogP contribution >= 0.6 is 15.9 Å². The van der Waals surface area contributed by atoms with Gasteiger partial charge in [-0.05, 0) is 43.5 Å². The Labute approximate surface area is 134 Å². The number of halogens is 1. The van der Waals surface area contributed by atoms with E-state index in [2.05, 4.69) is 21.2 Å². The molecule has 1 saturated carbocycles. The number of carbonyl (C=O) groups is 1. The number of benzene rings is 1. The predicted octanol–water partition coefficient (Wildman–Crippen LogP) is 3.59. The van der Waals surface area contributed by atoms with Crippen molar-refractivity contribution in [3.63, 3.8) is 0 Å². The molecule has 21 heavy (non-hydrogen) atoms. The minimum absolute atomic E-state index is 0.238. The summed E-state index contributed by atoms with van der Waals surface area (Å²) in [5.74, 6) is 0.495. The molecule has 0 aromatic heterocycles. The Hall–Kier alpha value is -1.07. The molecule has 1 atom stereocenters. The van der Waals surface area contributed by atoms with E-state index in [0.717, 1.165) is 28.6 Å². The van der Waals surface area contributed by atoms with Crippen molar-refractivity contribution >= 4 is 21.9 Å². The molecule has 0 bridgehead atoms. The van der Waals surface area contributed by atoms with E-state index in [0.29, 0.717) is 12.6 Å². The number of ether oxygens (including phenoxy) is 2. The third kappa shape index (κ3) is 4.20. The summed E-state index contributed by atoms with van der Waals surface area (Å²) in [6, 6.07) is 5.56. The Morgan fingerprint density at radius 3 is 2.76 bits per heavy atom. The van der Waals surface area contributed by atoms with Gasteiger partial charge in [-0.25, -0.2) is 4.79 Å². The summed E-state index contributed by atoms with van der Waals surface area (Å²) in [5, 5.41) is 3.45. The van der Waals surface area contributed by atoms with Gasteiger partial charge in [-0.1, -0.05) is 28.8 Å². The maximum absolute atomic E-state index is 12.3. The highest BCUT2D eigenvalue weighted by molar-refractivity contribution is 9.10. The van der Waals surface area contributed by atoms with Crippen LogP contribution in [0.3, 0.4) is 0 Å². The van der Waals surface area contributed by atoms with Crippen molar-refractivity contribution in [3.05, 3.63) is 28.2 Å². The van der Waals surface area contributed by atoms with Crippen molar-refractivity contribution in [1.29, 1.82) is 0 Å². The Bertz CT molecular complexity index is 486. The van der Waals surface area contributed by atoms with E-state index in [1.165, 1.54) is 12.8 Å². The van der Waals surface area contributed by atoms with E-state index >= 15 is 0 Å². The molecule has 5 heteroatoms. The molecule has 1 N–H and O–H groups in total. The third-order valence-corrected chi connectivity index (χ3v) is 4.52. The minimum atomic E-state index is -0.461. The lowest BCUT2D eigenvalue weighted by molar-refractivity contribution is -0.146. The maximum Gasteiger partial charge on any atom is 0.327 e. The summed E-state index contributed by atoms with van der Waals surface area (Å²) < 4.78 is 11.4. The van der Waals surface area contributed by atoms with Crippen molar-refractivity contribution in [3.8, 4) is 5.75 Å². The van der Waals surface area contributed by atoms with Crippen molar-refractivity contribution in [2.75, 3.05) is 13.7 Å². The van der Waals surface area contributed by atoms with E-state index < -0.39 is 6.04 Å². The lowest BCUT2D eigenvalue weighted by Crippen LogP contribution is -2.36. The van der Waals surface area contributed by atoms with E-state index in [9.17, 15) is 4.79 Å². The van der Waals surface area contributed by atoms with E-state index in [-0.39, 0.29) is 5.97 Å². The van der Waals surface area contributed by atoms with Gasteiger partial charge < -0.3 is 9.47 Å². The SMILES string of the molecule is CCOC(=O)C(NC1CCCC1)c1cc(OC)ccc1Br. The normalized spacial score (nSPS) is 16.7. The van der Waals surface area contributed by atoms with Crippen LogP contribution in [0, 0.1) is 0 Å². The Morgan fingerprint density at radius 1 is 1.43 bits per heavy atom. The van der Waals surface area contributed by atoms with Crippen LogP contribution in [0.4, 0.5) is 0 Å². The number of nitrogens with one attached hydrogen (secondary N) is 1. The van der Waals surface area contributed by atoms with Gasteiger partial charge in [-0.3, -0.25) is 5.32 Å². The van der Waals surface area contributed by atoms with Crippen LogP contribution in [0.1, 0.15) is 44.2 Å². The zero-order valence-corrected chi connectivity index (χ0v) is 14.1. The van der Waals surface area contributed by atoms with Crippen molar-refractivity contribution in [2.45, 2.75) is 44.7 Å². The lowest BCUT2D eigenvalue weighted by atomic mass is 10.0. The van der Waals surface area contributed by atoms with Crippen LogP contribution in [-0.4, -0.2) is 25.7 Å². The number of methoxy groups -OCH3 is 1. The van der Waals surface area contributed by atoms with Gasteiger partial charge >= 0.3 is 5.97 Å². The van der Waals surface area contributed by atoms with E-state index in [4.69, 9.17) is 9.47 Å². The lowest BCUT2D eigenvalue weighted by Gasteiger charge is -2.23. The van der Waals surface area contributed by atoms with E-state index in [1.807, 2.05) is 25.1 Å². The first-order valence-electron chi connectivity index (χ1n) is 7.41. The van der Waals surface area contributed by atoms with Gasteiger partial charge in [0.15, 0.2) is 0 Å². The summed E-state index contributed by atoms with van der Waals surface area (Å²) in [4.78, 5) is 12.3. The molecule has 1 unspecified atom stereocenters. The third-order valence-electron chi connectivity index (χ3n) is 3.79. The van der Waals surface area contributed by atoms with Gasteiger partial charge in [-0.2, -0.15) is 0 Å². The fourth-order valence-electron chi connectivity index (χ4n) is 2.71. The average molecular weight is 356 g/mol. The summed E-state index contributed by atoms with van der Waals surface area (Å²) in [5.41, 5.74) is 0.861. The van der Waals surface area contributed by atoms with Gasteiger partial charge in [-0.15, -0.1) is 0 Å². The largest absolute Gasteiger partial charge is 0.497 e. The number of rotatable bonds is 6. The van der Waals surface area contributed by atoms with Crippen molar-refractivity contribution in [2.24, 2.45) is 0 Å². The molecule has 1 fully saturated rings. The molecule has 2 rings (SSSR count). The second kappa shape index (κ2) is 7.80. The highest BCUT2D eigenvalue weighted by atomic mass is 79.9. The molecule has 0 saturated heterocycles. The molecule has 0 heterocycles. The van der Waals surface area contributed by atoms with Crippen LogP contribution in [0.5, 0.6) is 5.75 Å². The highest BCUT2D eigenvalue weighted by Crippen LogP contribution is 2.30. The first kappa shape index (κ1) is 16.3. The summed E-state index contributed by atoms with van der Waals surface area (Å²) in [7, 11) is 1.62. The van der Waals surface area contributed by atoms with Crippen LogP contribution < -0.4 is 10.1 Å². The average Bonchev–Trinajstić information content (AvgIpc) is 2.99. The standard InChI is InChI=1S/C16H22BrNO3/c1-3-21-16(19)15(18-11-6-4-5-7-11)13-10-12(20-2)8-9-14(13)17/h8-11,15,18H,3-7H2,1-2H3. The van der Waals surface area contributed by atoms with Gasteiger partial charge in [0.2, 0.25) is 0 Å². The molecule has 0 spiro atoms. The quantitative estimate of drug-likeness (QED) is 0.792. The minimum Gasteiger partial charge on any atom is -0.497 e. The highest BCUT2D eigenvalue weighted by Gasteiger charge is 2.28. The molecular weight excluding hydrogens is 334 g/mol. The molecule has 116 valence electrons. The monoisotopic (exact) mass is 355 g/mol. The van der Waals surface area contributed by atoms with Gasteiger partial charge in [0.05, 0.1) is 13.7 Å². The van der Waals surface area contributed by atoms with Crippen LogP contribution in [0.2, 0.25) is 0 Å². The molecule has 0 radical (unpaired) electrons. The zero-order valence-electron chi connectivity index (χ0n) is 12.5. The fraction of sp³-hybridized carbons (Fsp3) is 0.562. The van der Waals surface area contributed by atoms with Crippen molar-refractivity contribution < 1.29 is 14.3 Å². The molecule has 1 aliphatic carbocycles. The molecule has 4 nitrogen and oxygen atoms in total. The predicted molar refractivity (Wildman–Crippen MR) is 85.5 cm³/mol. The molecule has 1 aromatic rings. The van der Waals surface area contributed by atoms with Crippen LogP contribution in [0.15, 0.2) is 22.7 Å². The Kier molecular flexibility index (Phi) is 6.06. The van der Waals surface area contributed by atoms with Gasteiger partial charge in [0, 0.05) is 10.5 Å². The molecule has 0 aliphatic heterocycles. The zero-order chi connectivity index (χ0) is 15.2. The fourth-order valence-corrected chi connectivity index (χ4v) is 3.18. The molecule has 1 aliphatic rings. The summed E-state index contributed by atoms with van der Waals surface area (Å²) in [6.45, 7) is 2.20. The van der Waals surface area contributed by atoms with Gasteiger partial charge in [0.1, 0.15) is 11.8 Å². The van der Waals surface area contributed by atoms with Crippen molar-refractivity contribution in [1.82, 2.24) is 5.32 Å². The van der Waals surface area contributed by atoms with Crippen LogP contribution in [-0.2, 0) is 9.53 Å². The summed E-state index contributed by atoms with van der Waals surface area (Å²) in [6.07, 6.45) is 4.65. The first-order chi connectivity index (χ1) is 10.2. The topological polar surface area (TPSA) is 47.6 Å². The molecule has 1 aromatic carbocycles. The second-order valence-electron chi connectivity index (χ2n) is 5.22. The Balaban J connectivity index is 2.26. The number of carbonyl (C=O) groups excluding carboxylic acids is 1. The number of esters is 1. The summed E-state index contributed by atoms with van der Waals surface area (Å²) >= 11 is 3.53. The smallest absolute Gasteiger partial charge is 0.327 e. The molecule has 0 amide bonds. The number of hydrogen-bond donors (Lipinski definition) is 1. The van der Waals surface area contributed by atoms with E-state index in [1.54, 1.807) is 7.11 Å². The first-order valence-corrected chi connectivity index (χ1v) is 8.21. The maximum atomic E-state index is 12.3. The van der Waals surface area contributed by atoms with Gasteiger partial charge in [0.25, 0.3) is 0 Å². The van der Waals surface area contributed by atoms with Crippen LogP contribution in [0.25, 0.3) is 0 Å². The molecular formula is C16H22BrNO3. The number of hydrogen-bond acceptors (Lipinski definition) is 4. The Morgan fingerprint density at radius 2 is 2.14 bits per heavy atom.